The van der Waals surface area contributed by atoms with E-state index >= 15 is 0 Å². The minimum atomic E-state index is 0.406. The summed E-state index contributed by atoms with van der Waals surface area (Å²) in [6.45, 7) is 4.42. The monoisotopic (exact) mass is 260 g/mol. The molecule has 0 aromatic carbocycles. The van der Waals surface area contributed by atoms with Crippen LogP contribution >= 0.6 is 22.9 Å². The second-order valence-corrected chi connectivity index (χ2v) is 5.91. The zero-order valence-corrected chi connectivity index (χ0v) is 11.9. The Morgan fingerprint density at radius 1 is 1.44 bits per heavy atom. The highest BCUT2D eigenvalue weighted by atomic mass is 35.5. The van der Waals surface area contributed by atoms with Crippen molar-refractivity contribution in [2.45, 2.75) is 25.8 Å². The van der Waals surface area contributed by atoms with E-state index in [0.29, 0.717) is 6.04 Å². The molecule has 0 fully saturated rings. The molecule has 1 aromatic rings. The molecule has 1 atom stereocenters. The minimum absolute atomic E-state index is 0.406. The summed E-state index contributed by atoms with van der Waals surface area (Å²) >= 11 is 7.51. The van der Waals surface area contributed by atoms with Crippen LogP contribution in [0.4, 0.5) is 0 Å². The Bertz CT molecular complexity index is 299. The molecule has 92 valence electrons. The summed E-state index contributed by atoms with van der Waals surface area (Å²) in [7, 11) is 4.23. The predicted octanol–water partition coefficient (Wildman–Crippen LogP) is 3.39. The van der Waals surface area contributed by atoms with E-state index in [4.69, 9.17) is 11.6 Å². The highest BCUT2D eigenvalue weighted by Gasteiger charge is 2.06. The van der Waals surface area contributed by atoms with E-state index in [1.54, 1.807) is 11.3 Å². The van der Waals surface area contributed by atoms with Crippen LogP contribution in [-0.4, -0.2) is 32.1 Å². The summed E-state index contributed by atoms with van der Waals surface area (Å²) in [5.41, 5.74) is 1.29. The first kappa shape index (κ1) is 14.0. The van der Waals surface area contributed by atoms with E-state index in [1.165, 1.54) is 24.9 Å². The van der Waals surface area contributed by atoms with E-state index in [2.05, 4.69) is 36.6 Å². The maximum absolute atomic E-state index is 5.91. The van der Waals surface area contributed by atoms with Crippen LogP contribution in [0.15, 0.2) is 11.4 Å². The van der Waals surface area contributed by atoms with Crippen molar-refractivity contribution in [3.8, 4) is 0 Å². The van der Waals surface area contributed by atoms with Crippen LogP contribution in [0.1, 0.15) is 31.4 Å². The first-order valence-electron chi connectivity index (χ1n) is 5.71. The van der Waals surface area contributed by atoms with Gasteiger partial charge in [-0.3, -0.25) is 0 Å². The van der Waals surface area contributed by atoms with Crippen LogP contribution in [0.25, 0.3) is 0 Å². The van der Waals surface area contributed by atoms with Crippen molar-refractivity contribution in [3.05, 3.63) is 21.3 Å². The molecular formula is C12H21ClN2S. The number of nitrogens with zero attached hydrogens (tertiary/aromatic N) is 1. The van der Waals surface area contributed by atoms with Gasteiger partial charge in [0.2, 0.25) is 0 Å². The summed E-state index contributed by atoms with van der Waals surface area (Å²) in [6, 6.07) is 2.45. The first-order chi connectivity index (χ1) is 7.59. The largest absolute Gasteiger partial charge is 0.310 e. The van der Waals surface area contributed by atoms with Gasteiger partial charge >= 0.3 is 0 Å². The topological polar surface area (TPSA) is 15.3 Å². The molecule has 4 heteroatoms. The molecule has 0 spiro atoms. The Morgan fingerprint density at radius 2 is 2.19 bits per heavy atom. The van der Waals surface area contributed by atoms with Gasteiger partial charge in [0.1, 0.15) is 0 Å². The van der Waals surface area contributed by atoms with Crippen molar-refractivity contribution < 1.29 is 0 Å². The molecule has 0 saturated heterocycles. The third-order valence-corrected chi connectivity index (χ3v) is 3.68. The molecule has 1 heterocycles. The van der Waals surface area contributed by atoms with Crippen molar-refractivity contribution in [1.82, 2.24) is 10.2 Å². The molecule has 1 rings (SSSR count). The number of thiophene rings is 1. The molecule has 0 aliphatic rings. The highest BCUT2D eigenvalue weighted by molar-refractivity contribution is 7.14. The highest BCUT2D eigenvalue weighted by Crippen LogP contribution is 2.24. The molecule has 2 nitrogen and oxygen atoms in total. The van der Waals surface area contributed by atoms with E-state index < -0.39 is 0 Å². The third-order valence-electron chi connectivity index (χ3n) is 2.57. The lowest BCUT2D eigenvalue weighted by Gasteiger charge is -2.13. The average molecular weight is 261 g/mol. The van der Waals surface area contributed by atoms with Crippen molar-refractivity contribution >= 4 is 22.9 Å². The molecule has 0 amide bonds. The number of hydrogen-bond donors (Lipinski definition) is 1. The minimum Gasteiger partial charge on any atom is -0.310 e. The van der Waals surface area contributed by atoms with Crippen LogP contribution in [0.5, 0.6) is 0 Å². The average Bonchev–Trinajstić information content (AvgIpc) is 2.63. The Balaban J connectivity index is 2.13. The van der Waals surface area contributed by atoms with Crippen molar-refractivity contribution in [1.29, 1.82) is 0 Å². The molecule has 1 N–H and O–H groups in total. The summed E-state index contributed by atoms with van der Waals surface area (Å²) < 4.78 is 0.872. The molecule has 16 heavy (non-hydrogen) atoms. The molecule has 0 radical (unpaired) electrons. The van der Waals surface area contributed by atoms with Gasteiger partial charge in [-0.05, 0) is 64.0 Å². The summed E-state index contributed by atoms with van der Waals surface area (Å²) in [5, 5.41) is 5.64. The molecule has 0 aliphatic carbocycles. The van der Waals surface area contributed by atoms with Crippen LogP contribution in [-0.2, 0) is 0 Å². The standard InChI is InChI=1S/C12H21ClN2S/c1-10(11-8-12(13)16-9-11)14-6-4-5-7-15(2)3/h8-10,14H,4-7H2,1-3H3. The quantitative estimate of drug-likeness (QED) is 0.756. The molecule has 0 aliphatic heterocycles. The number of hydrogen-bond acceptors (Lipinski definition) is 3. The maximum atomic E-state index is 5.91. The number of halogens is 1. The van der Waals surface area contributed by atoms with Gasteiger partial charge in [0, 0.05) is 6.04 Å². The predicted molar refractivity (Wildman–Crippen MR) is 73.5 cm³/mol. The maximum Gasteiger partial charge on any atom is 0.0931 e. The molecule has 1 aromatic heterocycles. The Morgan fingerprint density at radius 3 is 2.75 bits per heavy atom. The van der Waals surface area contributed by atoms with Gasteiger partial charge in [-0.2, -0.15) is 0 Å². The Hall–Kier alpha value is -0.0900. The van der Waals surface area contributed by atoms with Gasteiger partial charge < -0.3 is 10.2 Å². The van der Waals surface area contributed by atoms with Gasteiger partial charge in [0.05, 0.1) is 4.34 Å². The van der Waals surface area contributed by atoms with Crippen LogP contribution in [0, 0.1) is 0 Å². The van der Waals surface area contributed by atoms with E-state index in [0.717, 1.165) is 10.9 Å². The van der Waals surface area contributed by atoms with Gasteiger partial charge in [-0.15, -0.1) is 11.3 Å². The van der Waals surface area contributed by atoms with Crippen LogP contribution < -0.4 is 5.32 Å². The number of rotatable bonds is 7. The van der Waals surface area contributed by atoms with E-state index in [-0.39, 0.29) is 0 Å². The molecule has 0 saturated carbocycles. The number of unbranched alkanes of at least 4 members (excludes halogenated alkanes) is 1. The summed E-state index contributed by atoms with van der Waals surface area (Å²) in [4.78, 5) is 2.22. The zero-order valence-electron chi connectivity index (χ0n) is 10.3. The first-order valence-corrected chi connectivity index (χ1v) is 6.97. The van der Waals surface area contributed by atoms with Gasteiger partial charge in [0.25, 0.3) is 0 Å². The molecular weight excluding hydrogens is 240 g/mol. The fourth-order valence-corrected chi connectivity index (χ4v) is 2.52. The fourth-order valence-electron chi connectivity index (χ4n) is 1.54. The SMILES string of the molecule is CC(NCCCCN(C)C)c1csc(Cl)c1. The Kier molecular flexibility index (Phi) is 6.36. The fraction of sp³-hybridized carbons (Fsp3) is 0.667. The Labute approximate surface area is 108 Å². The third kappa shape index (κ3) is 5.30. The van der Waals surface area contributed by atoms with Gasteiger partial charge in [-0.1, -0.05) is 11.6 Å². The smallest absolute Gasteiger partial charge is 0.0931 e. The lowest BCUT2D eigenvalue weighted by atomic mass is 10.2. The zero-order chi connectivity index (χ0) is 12.0. The second-order valence-electron chi connectivity index (χ2n) is 4.37. The van der Waals surface area contributed by atoms with Gasteiger partial charge in [0.15, 0.2) is 0 Å². The number of nitrogens with one attached hydrogen (secondary N) is 1. The van der Waals surface area contributed by atoms with Crippen LogP contribution in [0.2, 0.25) is 4.34 Å². The van der Waals surface area contributed by atoms with E-state index in [1.807, 2.05) is 6.07 Å². The van der Waals surface area contributed by atoms with Gasteiger partial charge in [-0.25, -0.2) is 0 Å². The lowest BCUT2D eigenvalue weighted by molar-refractivity contribution is 0.389. The molecule has 1 unspecified atom stereocenters. The van der Waals surface area contributed by atoms with Crippen molar-refractivity contribution in [2.24, 2.45) is 0 Å². The van der Waals surface area contributed by atoms with Crippen LogP contribution in [0.3, 0.4) is 0 Å². The lowest BCUT2D eigenvalue weighted by Crippen LogP contribution is -2.21. The molecule has 0 bridgehead atoms. The second kappa shape index (κ2) is 7.28. The summed E-state index contributed by atoms with van der Waals surface area (Å²) in [5.74, 6) is 0. The van der Waals surface area contributed by atoms with Crippen molar-refractivity contribution in [2.75, 3.05) is 27.2 Å². The van der Waals surface area contributed by atoms with Crippen molar-refractivity contribution in [3.63, 3.8) is 0 Å². The summed E-state index contributed by atoms with van der Waals surface area (Å²) in [6.07, 6.45) is 2.47. The normalized spacial score (nSPS) is 13.3. The van der Waals surface area contributed by atoms with E-state index in [9.17, 15) is 0 Å².